The molecule has 168 valence electrons. The molecular formula is C27H21N3O4. The minimum absolute atomic E-state index is 0.0357. The Morgan fingerprint density at radius 2 is 1.85 bits per heavy atom. The molecule has 0 saturated heterocycles. The van der Waals surface area contributed by atoms with E-state index in [-0.39, 0.29) is 18.9 Å². The zero-order valence-electron chi connectivity index (χ0n) is 18.2. The summed E-state index contributed by atoms with van der Waals surface area (Å²) >= 11 is 0. The fraction of sp³-hybridized carbons (Fsp3) is 0.148. The lowest BCUT2D eigenvalue weighted by atomic mass is 10.0. The SMILES string of the molecule is N#Cc1cccc(C2=Nc3cc(OCC(O)CO)c(C#Cc4ccccc4)cc3NC(=O)C2)c1. The number of anilines is 1. The molecule has 1 aliphatic heterocycles. The van der Waals surface area contributed by atoms with E-state index in [0.29, 0.717) is 39.5 Å². The van der Waals surface area contributed by atoms with Crippen molar-refractivity contribution in [3.63, 3.8) is 0 Å². The number of hydrogen-bond donors (Lipinski definition) is 3. The summed E-state index contributed by atoms with van der Waals surface area (Å²) in [6.07, 6.45) is -1.02. The molecule has 1 aliphatic rings. The van der Waals surface area contributed by atoms with E-state index < -0.39 is 12.7 Å². The zero-order chi connectivity index (χ0) is 23.9. The molecule has 0 spiro atoms. The molecule has 0 radical (unpaired) electrons. The first-order valence-corrected chi connectivity index (χ1v) is 10.6. The molecule has 0 aromatic heterocycles. The van der Waals surface area contributed by atoms with Gasteiger partial charge in [0.05, 0.1) is 47.3 Å². The van der Waals surface area contributed by atoms with Crippen molar-refractivity contribution in [3.8, 4) is 23.7 Å². The first-order chi connectivity index (χ1) is 16.6. The Kier molecular flexibility index (Phi) is 7.00. The highest BCUT2D eigenvalue weighted by molar-refractivity contribution is 6.17. The van der Waals surface area contributed by atoms with E-state index in [9.17, 15) is 15.2 Å². The van der Waals surface area contributed by atoms with Gasteiger partial charge in [-0.05, 0) is 35.9 Å². The number of carbonyl (C=O) groups excluding carboxylic acids is 1. The highest BCUT2D eigenvalue weighted by Crippen LogP contribution is 2.36. The van der Waals surface area contributed by atoms with Gasteiger partial charge in [-0.2, -0.15) is 5.26 Å². The van der Waals surface area contributed by atoms with Crippen molar-refractivity contribution in [1.82, 2.24) is 0 Å². The van der Waals surface area contributed by atoms with E-state index in [1.165, 1.54) is 0 Å². The number of ether oxygens (including phenoxy) is 1. The van der Waals surface area contributed by atoms with Crippen LogP contribution in [0.3, 0.4) is 0 Å². The molecule has 1 heterocycles. The van der Waals surface area contributed by atoms with Crippen LogP contribution in [0.5, 0.6) is 5.75 Å². The minimum atomic E-state index is -1.05. The third-order valence-corrected chi connectivity index (χ3v) is 5.04. The summed E-state index contributed by atoms with van der Waals surface area (Å²) in [5.74, 6) is 6.24. The van der Waals surface area contributed by atoms with Crippen LogP contribution in [0.4, 0.5) is 11.4 Å². The summed E-state index contributed by atoms with van der Waals surface area (Å²) in [5, 5.41) is 31.0. The Morgan fingerprint density at radius 1 is 1.06 bits per heavy atom. The van der Waals surface area contributed by atoms with E-state index in [1.807, 2.05) is 30.3 Å². The van der Waals surface area contributed by atoms with Crippen LogP contribution in [-0.2, 0) is 4.79 Å². The van der Waals surface area contributed by atoms with Crippen LogP contribution < -0.4 is 10.1 Å². The van der Waals surface area contributed by atoms with Crippen molar-refractivity contribution in [3.05, 3.63) is 89.0 Å². The quantitative estimate of drug-likeness (QED) is 0.516. The van der Waals surface area contributed by atoms with Crippen molar-refractivity contribution >= 4 is 23.0 Å². The smallest absolute Gasteiger partial charge is 0.230 e. The topological polar surface area (TPSA) is 115 Å². The molecular weight excluding hydrogens is 430 g/mol. The number of hydrogen-bond acceptors (Lipinski definition) is 6. The fourth-order valence-electron chi connectivity index (χ4n) is 3.34. The number of nitrogens with zero attached hydrogens (tertiary/aromatic N) is 2. The first-order valence-electron chi connectivity index (χ1n) is 10.6. The summed E-state index contributed by atoms with van der Waals surface area (Å²) in [4.78, 5) is 17.3. The van der Waals surface area contributed by atoms with Crippen molar-refractivity contribution in [2.24, 2.45) is 4.99 Å². The van der Waals surface area contributed by atoms with E-state index in [0.717, 1.165) is 5.56 Å². The molecule has 0 bridgehead atoms. The summed E-state index contributed by atoms with van der Waals surface area (Å²) < 4.78 is 5.75. The summed E-state index contributed by atoms with van der Waals surface area (Å²) in [6.45, 7) is -0.577. The van der Waals surface area contributed by atoms with Gasteiger partial charge in [0, 0.05) is 11.6 Å². The summed E-state index contributed by atoms with van der Waals surface area (Å²) in [7, 11) is 0. The lowest BCUT2D eigenvalue weighted by Crippen LogP contribution is -2.21. The van der Waals surface area contributed by atoms with Crippen LogP contribution in [0.25, 0.3) is 0 Å². The number of aliphatic hydroxyl groups excluding tert-OH is 2. The Bertz CT molecular complexity index is 1350. The molecule has 0 aliphatic carbocycles. The maximum absolute atomic E-state index is 12.6. The van der Waals surface area contributed by atoms with Gasteiger partial charge in [-0.1, -0.05) is 42.2 Å². The fourth-order valence-corrected chi connectivity index (χ4v) is 3.34. The van der Waals surface area contributed by atoms with Crippen molar-refractivity contribution in [2.75, 3.05) is 18.5 Å². The Morgan fingerprint density at radius 3 is 2.62 bits per heavy atom. The number of carbonyl (C=O) groups is 1. The number of aliphatic imine (C=N–C) groups is 1. The standard InChI is InChI=1S/C27H21N3O4/c28-15-19-7-4-8-20(11-19)23-14-27(33)30-24-12-21(10-9-18-5-2-1-3-6-18)26(13-25(24)29-23)34-17-22(32)16-31/h1-8,11-13,22,31-32H,14,16-17H2,(H,30,33). The number of fused-ring (bicyclic) bond motifs is 1. The molecule has 1 atom stereocenters. The van der Waals surface area contributed by atoms with Crippen molar-refractivity contribution in [2.45, 2.75) is 12.5 Å². The highest BCUT2D eigenvalue weighted by atomic mass is 16.5. The van der Waals surface area contributed by atoms with E-state index >= 15 is 0 Å². The lowest BCUT2D eigenvalue weighted by molar-refractivity contribution is -0.115. The Labute approximate surface area is 197 Å². The van der Waals surface area contributed by atoms with Crippen molar-refractivity contribution in [1.29, 1.82) is 5.26 Å². The molecule has 3 aromatic rings. The van der Waals surface area contributed by atoms with Crippen LogP contribution in [0.2, 0.25) is 0 Å². The highest BCUT2D eigenvalue weighted by Gasteiger charge is 2.20. The van der Waals surface area contributed by atoms with E-state index in [1.54, 1.807) is 36.4 Å². The number of aliphatic hydroxyl groups is 2. The largest absolute Gasteiger partial charge is 0.489 e. The van der Waals surface area contributed by atoms with Gasteiger partial charge in [0.25, 0.3) is 0 Å². The van der Waals surface area contributed by atoms with Gasteiger partial charge in [0.15, 0.2) is 0 Å². The van der Waals surface area contributed by atoms with Gasteiger partial charge in [0.1, 0.15) is 18.5 Å². The second-order valence-electron chi connectivity index (χ2n) is 7.61. The normalized spacial score (nSPS) is 13.2. The van der Waals surface area contributed by atoms with Gasteiger partial charge in [-0.25, -0.2) is 4.99 Å². The van der Waals surface area contributed by atoms with Crippen LogP contribution >= 0.6 is 0 Å². The van der Waals surface area contributed by atoms with Gasteiger partial charge >= 0.3 is 0 Å². The summed E-state index contributed by atoms with van der Waals surface area (Å²) in [5.41, 5.74) is 3.90. The van der Waals surface area contributed by atoms with Crippen LogP contribution in [0.1, 0.15) is 28.7 Å². The second-order valence-corrected chi connectivity index (χ2v) is 7.61. The second kappa shape index (κ2) is 10.5. The number of benzene rings is 3. The van der Waals surface area contributed by atoms with E-state index in [4.69, 9.17) is 9.84 Å². The monoisotopic (exact) mass is 451 g/mol. The van der Waals surface area contributed by atoms with Crippen molar-refractivity contribution < 1.29 is 19.7 Å². The van der Waals surface area contributed by atoms with Gasteiger partial charge in [0.2, 0.25) is 5.91 Å². The third kappa shape index (κ3) is 5.48. The molecule has 34 heavy (non-hydrogen) atoms. The molecule has 3 N–H and O–H groups in total. The van der Waals surface area contributed by atoms with Gasteiger partial charge in [-0.3, -0.25) is 4.79 Å². The first kappa shape index (κ1) is 22.8. The molecule has 1 unspecified atom stereocenters. The predicted octanol–water partition coefficient (Wildman–Crippen LogP) is 3.15. The maximum atomic E-state index is 12.6. The Hall–Kier alpha value is -4.43. The number of nitriles is 1. The maximum Gasteiger partial charge on any atom is 0.230 e. The lowest BCUT2D eigenvalue weighted by Gasteiger charge is -2.14. The van der Waals surface area contributed by atoms with Crippen LogP contribution in [0.15, 0.2) is 71.7 Å². The summed E-state index contributed by atoms with van der Waals surface area (Å²) in [6, 6.07) is 21.8. The number of rotatable bonds is 5. The number of nitrogens with one attached hydrogen (secondary N) is 1. The zero-order valence-corrected chi connectivity index (χ0v) is 18.2. The van der Waals surface area contributed by atoms with Crippen LogP contribution in [0, 0.1) is 23.2 Å². The van der Waals surface area contributed by atoms with Crippen LogP contribution in [-0.4, -0.2) is 41.1 Å². The predicted molar refractivity (Wildman–Crippen MR) is 128 cm³/mol. The average Bonchev–Trinajstić information content (AvgIpc) is 3.03. The molecule has 3 aromatic carbocycles. The van der Waals surface area contributed by atoms with Gasteiger partial charge < -0.3 is 20.3 Å². The molecule has 7 heteroatoms. The molecule has 0 fully saturated rings. The van der Waals surface area contributed by atoms with Gasteiger partial charge in [-0.15, -0.1) is 0 Å². The van der Waals surface area contributed by atoms with E-state index in [2.05, 4.69) is 28.2 Å². The molecule has 7 nitrogen and oxygen atoms in total. The number of amides is 1. The Balaban J connectivity index is 1.79. The molecule has 4 rings (SSSR count). The molecule has 0 saturated carbocycles. The molecule has 1 amide bonds. The third-order valence-electron chi connectivity index (χ3n) is 5.04. The minimum Gasteiger partial charge on any atom is -0.489 e. The average molecular weight is 451 g/mol.